The molecule has 1 saturated carbocycles. The molecule has 0 aromatic heterocycles. The van der Waals surface area contributed by atoms with Crippen LogP contribution in [0.3, 0.4) is 0 Å². The highest BCUT2D eigenvalue weighted by atomic mass is 35.5. The highest BCUT2D eigenvalue weighted by Crippen LogP contribution is 2.24. The van der Waals surface area contributed by atoms with Crippen molar-refractivity contribution in [2.24, 2.45) is 0 Å². The van der Waals surface area contributed by atoms with E-state index in [1.807, 2.05) is 19.0 Å². The number of amides is 1. The molecule has 0 saturated heterocycles. The van der Waals surface area contributed by atoms with Crippen molar-refractivity contribution < 1.29 is 4.79 Å². The molecule has 1 amide bonds. The van der Waals surface area contributed by atoms with E-state index in [1.54, 1.807) is 0 Å². The predicted molar refractivity (Wildman–Crippen MR) is 58.8 cm³/mol. The van der Waals surface area contributed by atoms with Crippen molar-refractivity contribution in [3.63, 3.8) is 0 Å². The molecule has 1 fully saturated rings. The van der Waals surface area contributed by atoms with Crippen molar-refractivity contribution in [3.8, 4) is 0 Å². The zero-order chi connectivity index (χ0) is 8.27. The summed E-state index contributed by atoms with van der Waals surface area (Å²) in [5.74, 6) is 0. The lowest BCUT2D eigenvalue weighted by atomic mass is 10.5. The number of hydrogen-bond acceptors (Lipinski definition) is 2. The van der Waals surface area contributed by atoms with Crippen LogP contribution in [0.1, 0.15) is 12.8 Å². The van der Waals surface area contributed by atoms with Crippen LogP contribution < -0.4 is 0 Å². The lowest BCUT2D eigenvalue weighted by Gasteiger charge is -2.18. The molecular weight excluding hydrogens is 211 g/mol. The third kappa shape index (κ3) is 6.13. The highest BCUT2D eigenvalue weighted by Gasteiger charge is 2.27. The van der Waals surface area contributed by atoms with E-state index in [9.17, 15) is 4.79 Å². The summed E-state index contributed by atoms with van der Waals surface area (Å²) in [5, 5.41) is 0. The largest absolute Gasteiger partial charge is 0.341 e. The number of likely N-dealkylation sites (N-methyl/N-ethyl adjacent to an activating group) is 1. The summed E-state index contributed by atoms with van der Waals surface area (Å²) in [6.07, 6.45) is 3.37. The molecule has 13 heavy (non-hydrogen) atoms. The van der Waals surface area contributed by atoms with E-state index in [1.165, 1.54) is 12.8 Å². The summed E-state index contributed by atoms with van der Waals surface area (Å²) < 4.78 is 0. The quantitative estimate of drug-likeness (QED) is 0.657. The maximum Gasteiger partial charge on any atom is 0.209 e. The summed E-state index contributed by atoms with van der Waals surface area (Å²) in [4.78, 5) is 14.5. The minimum absolute atomic E-state index is 0. The number of rotatable bonds is 5. The molecule has 0 N–H and O–H groups in total. The zero-order valence-corrected chi connectivity index (χ0v) is 9.74. The summed E-state index contributed by atoms with van der Waals surface area (Å²) in [6, 6.07) is 0.562. The molecule has 0 heterocycles. The van der Waals surface area contributed by atoms with Gasteiger partial charge in [0.2, 0.25) is 6.41 Å². The van der Waals surface area contributed by atoms with Gasteiger partial charge in [-0.3, -0.25) is 4.79 Å². The fraction of sp³-hybridized carbons (Fsp3) is 0.875. The topological polar surface area (TPSA) is 23.6 Å². The fourth-order valence-corrected chi connectivity index (χ4v) is 1.04. The van der Waals surface area contributed by atoms with Crippen molar-refractivity contribution in [2.45, 2.75) is 18.9 Å². The third-order valence-electron chi connectivity index (χ3n) is 1.96. The van der Waals surface area contributed by atoms with Crippen molar-refractivity contribution >= 4 is 31.2 Å². The average Bonchev–Trinajstić information content (AvgIpc) is 2.72. The van der Waals surface area contributed by atoms with Gasteiger partial charge >= 0.3 is 0 Å². The van der Waals surface area contributed by atoms with E-state index in [-0.39, 0.29) is 24.8 Å². The Balaban J connectivity index is 0. The fourth-order valence-electron chi connectivity index (χ4n) is 1.04. The van der Waals surface area contributed by atoms with E-state index >= 15 is 0 Å². The van der Waals surface area contributed by atoms with Crippen LogP contribution in [0.25, 0.3) is 0 Å². The molecule has 1 aliphatic carbocycles. The van der Waals surface area contributed by atoms with Gasteiger partial charge in [-0.2, -0.15) is 0 Å². The van der Waals surface area contributed by atoms with Gasteiger partial charge in [-0.15, -0.1) is 24.8 Å². The lowest BCUT2D eigenvalue weighted by Crippen LogP contribution is -2.32. The second-order valence-electron chi connectivity index (χ2n) is 3.38. The maximum atomic E-state index is 10.5. The Morgan fingerprint density at radius 3 is 2.08 bits per heavy atom. The third-order valence-corrected chi connectivity index (χ3v) is 1.96. The lowest BCUT2D eigenvalue weighted by molar-refractivity contribution is -0.118. The van der Waals surface area contributed by atoms with Gasteiger partial charge in [0.05, 0.1) is 0 Å². The van der Waals surface area contributed by atoms with Gasteiger partial charge in [-0.25, -0.2) is 0 Å². The summed E-state index contributed by atoms with van der Waals surface area (Å²) in [7, 11) is 4.05. The first-order valence-corrected chi connectivity index (χ1v) is 4.10. The van der Waals surface area contributed by atoms with Crippen LogP contribution in [0.5, 0.6) is 0 Å². The van der Waals surface area contributed by atoms with Crippen molar-refractivity contribution in [3.05, 3.63) is 0 Å². The van der Waals surface area contributed by atoms with Crippen molar-refractivity contribution in [1.82, 2.24) is 9.80 Å². The minimum Gasteiger partial charge on any atom is -0.341 e. The molecule has 0 radical (unpaired) electrons. The van der Waals surface area contributed by atoms with Crippen LogP contribution >= 0.6 is 24.8 Å². The highest BCUT2D eigenvalue weighted by molar-refractivity contribution is 5.85. The summed E-state index contributed by atoms with van der Waals surface area (Å²) in [6.45, 7) is 1.84. The number of carbonyl (C=O) groups excluding carboxylic acids is 1. The van der Waals surface area contributed by atoms with Crippen LogP contribution in [-0.4, -0.2) is 49.4 Å². The van der Waals surface area contributed by atoms with E-state index in [0.29, 0.717) is 6.04 Å². The molecule has 3 nitrogen and oxygen atoms in total. The molecular formula is C8H18Cl2N2O. The van der Waals surface area contributed by atoms with Gasteiger partial charge in [0.25, 0.3) is 0 Å². The second kappa shape index (κ2) is 7.42. The standard InChI is InChI=1S/C8H16N2O.2ClH/c1-9(2)5-6-10(7-11)8-3-4-8;;/h7-8H,3-6H2,1-2H3;2*1H. The van der Waals surface area contributed by atoms with Crippen LogP contribution in [0.2, 0.25) is 0 Å². The van der Waals surface area contributed by atoms with Crippen molar-refractivity contribution in [1.29, 1.82) is 0 Å². The normalized spacial score (nSPS) is 14.4. The Labute approximate surface area is 92.3 Å². The van der Waals surface area contributed by atoms with Gasteiger partial charge in [-0.1, -0.05) is 0 Å². The molecule has 0 aromatic carbocycles. The number of nitrogens with zero attached hydrogens (tertiary/aromatic N) is 2. The van der Waals surface area contributed by atoms with Crippen molar-refractivity contribution in [2.75, 3.05) is 27.2 Å². The summed E-state index contributed by atoms with van der Waals surface area (Å²) in [5.41, 5.74) is 0. The summed E-state index contributed by atoms with van der Waals surface area (Å²) >= 11 is 0. The zero-order valence-electron chi connectivity index (χ0n) is 8.10. The molecule has 1 aliphatic rings. The van der Waals surface area contributed by atoms with Gasteiger partial charge in [0, 0.05) is 19.1 Å². The molecule has 0 bridgehead atoms. The van der Waals surface area contributed by atoms with E-state index in [0.717, 1.165) is 19.5 Å². The first kappa shape index (κ1) is 15.5. The molecule has 0 aromatic rings. The van der Waals surface area contributed by atoms with Crippen LogP contribution in [0, 0.1) is 0 Å². The van der Waals surface area contributed by atoms with Gasteiger partial charge in [-0.05, 0) is 26.9 Å². The van der Waals surface area contributed by atoms with Crippen LogP contribution in [-0.2, 0) is 4.79 Å². The smallest absolute Gasteiger partial charge is 0.209 e. The number of hydrogen-bond donors (Lipinski definition) is 0. The Morgan fingerprint density at radius 1 is 1.23 bits per heavy atom. The van der Waals surface area contributed by atoms with E-state index in [4.69, 9.17) is 0 Å². The Morgan fingerprint density at radius 2 is 1.77 bits per heavy atom. The van der Waals surface area contributed by atoms with Gasteiger partial charge in [0.1, 0.15) is 0 Å². The molecule has 0 unspecified atom stereocenters. The van der Waals surface area contributed by atoms with Gasteiger partial charge < -0.3 is 9.80 Å². The molecule has 1 rings (SSSR count). The van der Waals surface area contributed by atoms with Gasteiger partial charge in [0.15, 0.2) is 0 Å². The molecule has 80 valence electrons. The molecule has 0 aliphatic heterocycles. The Hall–Kier alpha value is 0.01000. The Kier molecular flexibility index (Phi) is 8.83. The van der Waals surface area contributed by atoms with E-state index in [2.05, 4.69) is 4.90 Å². The van der Waals surface area contributed by atoms with Crippen LogP contribution in [0.15, 0.2) is 0 Å². The Bertz CT molecular complexity index is 140. The molecule has 0 atom stereocenters. The molecule has 5 heteroatoms. The predicted octanol–water partition coefficient (Wildman–Crippen LogP) is 1.01. The average molecular weight is 229 g/mol. The number of halogens is 2. The number of carbonyl (C=O) groups is 1. The SMILES string of the molecule is CN(C)CCN(C=O)C1CC1.Cl.Cl. The molecule has 0 spiro atoms. The first-order valence-electron chi connectivity index (χ1n) is 4.10. The monoisotopic (exact) mass is 228 g/mol. The minimum atomic E-state index is 0. The second-order valence-corrected chi connectivity index (χ2v) is 3.38. The first-order chi connectivity index (χ1) is 5.24. The van der Waals surface area contributed by atoms with E-state index < -0.39 is 0 Å². The van der Waals surface area contributed by atoms with Crippen LogP contribution in [0.4, 0.5) is 0 Å². The maximum absolute atomic E-state index is 10.5.